The topological polar surface area (TPSA) is 61.9 Å². The van der Waals surface area contributed by atoms with Gasteiger partial charge in [0, 0.05) is 20.3 Å². The molecule has 0 aromatic carbocycles. The van der Waals surface area contributed by atoms with Crippen molar-refractivity contribution in [3.63, 3.8) is 0 Å². The van der Waals surface area contributed by atoms with Crippen molar-refractivity contribution in [2.24, 2.45) is 7.05 Å². The zero-order valence-electron chi connectivity index (χ0n) is 8.43. The number of nitrogens with zero attached hydrogens (tertiary/aromatic N) is 4. The summed E-state index contributed by atoms with van der Waals surface area (Å²) in [5.74, 6) is -0.188. The van der Waals surface area contributed by atoms with Crippen LogP contribution in [0.4, 0.5) is 0 Å². The summed E-state index contributed by atoms with van der Waals surface area (Å²) in [5, 5.41) is 12.5. The zero-order chi connectivity index (χ0) is 10.7. The Hall–Kier alpha value is -1.83. The van der Waals surface area contributed by atoms with Crippen molar-refractivity contribution in [2.45, 2.75) is 13.0 Å². The van der Waals surface area contributed by atoms with Crippen LogP contribution in [0, 0.1) is 11.3 Å². The zero-order valence-corrected chi connectivity index (χ0v) is 8.43. The third-order valence-corrected chi connectivity index (χ3v) is 2.04. The van der Waals surface area contributed by atoms with E-state index >= 15 is 0 Å². The van der Waals surface area contributed by atoms with Gasteiger partial charge in [0.15, 0.2) is 0 Å². The van der Waals surface area contributed by atoms with E-state index < -0.39 is 6.04 Å². The predicted octanol–water partition coefficient (Wildman–Crippen LogP) is 0.404. The van der Waals surface area contributed by atoms with Crippen molar-refractivity contribution >= 4 is 5.91 Å². The number of carbonyl (C=O) groups excluding carboxylic acids is 1. The molecule has 0 N–H and O–H groups in total. The van der Waals surface area contributed by atoms with Gasteiger partial charge < -0.3 is 4.90 Å². The second kappa shape index (κ2) is 3.92. The van der Waals surface area contributed by atoms with Crippen LogP contribution in [0.2, 0.25) is 0 Å². The lowest BCUT2D eigenvalue weighted by Crippen LogP contribution is -2.33. The number of aromatic nitrogens is 2. The van der Waals surface area contributed by atoms with E-state index in [0.29, 0.717) is 5.56 Å². The van der Waals surface area contributed by atoms with E-state index in [1.807, 2.05) is 6.07 Å². The van der Waals surface area contributed by atoms with Crippen LogP contribution in [-0.2, 0) is 7.05 Å². The van der Waals surface area contributed by atoms with Crippen LogP contribution in [0.5, 0.6) is 0 Å². The molecule has 0 aliphatic rings. The first kappa shape index (κ1) is 10.3. The van der Waals surface area contributed by atoms with Crippen LogP contribution in [0.25, 0.3) is 0 Å². The smallest absolute Gasteiger partial charge is 0.257 e. The van der Waals surface area contributed by atoms with E-state index in [0.717, 1.165) is 0 Å². The van der Waals surface area contributed by atoms with Crippen LogP contribution in [0.3, 0.4) is 0 Å². The van der Waals surface area contributed by atoms with E-state index in [1.165, 1.54) is 11.1 Å². The molecule has 0 saturated carbocycles. The van der Waals surface area contributed by atoms with Crippen LogP contribution < -0.4 is 0 Å². The molecule has 0 aliphatic heterocycles. The van der Waals surface area contributed by atoms with Gasteiger partial charge in [0.1, 0.15) is 6.04 Å². The van der Waals surface area contributed by atoms with Crippen LogP contribution in [0.15, 0.2) is 12.4 Å². The van der Waals surface area contributed by atoms with Crippen LogP contribution in [0.1, 0.15) is 17.3 Å². The standard InChI is InChI=1S/C9H12N4O/c1-7(4-10)13(3)9(14)8-5-11-12(2)6-8/h5-7H,1-3H3. The molecule has 0 spiro atoms. The molecule has 1 amide bonds. The fourth-order valence-corrected chi connectivity index (χ4v) is 0.998. The Bertz CT molecular complexity index is 376. The molecule has 1 heterocycles. The van der Waals surface area contributed by atoms with Gasteiger partial charge in [-0.15, -0.1) is 0 Å². The molecule has 74 valence electrons. The van der Waals surface area contributed by atoms with Crippen molar-refractivity contribution in [1.82, 2.24) is 14.7 Å². The highest BCUT2D eigenvalue weighted by Gasteiger charge is 2.17. The Morgan fingerprint density at radius 1 is 1.79 bits per heavy atom. The maximum Gasteiger partial charge on any atom is 0.257 e. The largest absolute Gasteiger partial charge is 0.326 e. The molecule has 1 unspecified atom stereocenters. The minimum atomic E-state index is -0.428. The van der Waals surface area contributed by atoms with Gasteiger partial charge in [-0.05, 0) is 6.92 Å². The lowest BCUT2D eigenvalue weighted by molar-refractivity contribution is 0.0773. The Labute approximate surface area is 82.5 Å². The number of hydrogen-bond acceptors (Lipinski definition) is 3. The van der Waals surface area contributed by atoms with Crippen molar-refractivity contribution in [1.29, 1.82) is 5.26 Å². The first-order valence-electron chi connectivity index (χ1n) is 4.21. The fourth-order valence-electron chi connectivity index (χ4n) is 0.998. The second-order valence-electron chi connectivity index (χ2n) is 3.12. The summed E-state index contributed by atoms with van der Waals surface area (Å²) in [7, 11) is 3.34. The molecule has 0 bridgehead atoms. The van der Waals surface area contributed by atoms with Crippen molar-refractivity contribution in [2.75, 3.05) is 7.05 Å². The van der Waals surface area contributed by atoms with Crippen molar-refractivity contribution in [3.05, 3.63) is 18.0 Å². The van der Waals surface area contributed by atoms with Gasteiger partial charge in [0.05, 0.1) is 17.8 Å². The molecule has 5 heteroatoms. The molecule has 0 radical (unpaired) electrons. The predicted molar refractivity (Wildman–Crippen MR) is 50.4 cm³/mol. The van der Waals surface area contributed by atoms with E-state index in [2.05, 4.69) is 5.10 Å². The van der Waals surface area contributed by atoms with E-state index in [4.69, 9.17) is 5.26 Å². The average Bonchev–Trinajstić information content (AvgIpc) is 2.61. The van der Waals surface area contributed by atoms with Crippen LogP contribution in [-0.4, -0.2) is 33.7 Å². The fraction of sp³-hybridized carbons (Fsp3) is 0.444. The highest BCUT2D eigenvalue weighted by atomic mass is 16.2. The number of rotatable bonds is 2. The average molecular weight is 192 g/mol. The van der Waals surface area contributed by atoms with Gasteiger partial charge in [0.2, 0.25) is 0 Å². The number of carbonyl (C=O) groups is 1. The number of amides is 1. The van der Waals surface area contributed by atoms with Gasteiger partial charge in [-0.25, -0.2) is 0 Å². The molecule has 5 nitrogen and oxygen atoms in total. The summed E-state index contributed by atoms with van der Waals surface area (Å²) in [6, 6.07) is 1.57. The number of nitriles is 1. The Morgan fingerprint density at radius 2 is 2.43 bits per heavy atom. The van der Waals surface area contributed by atoms with Gasteiger partial charge in [0.25, 0.3) is 5.91 Å². The van der Waals surface area contributed by atoms with Gasteiger partial charge in [-0.2, -0.15) is 10.4 Å². The molecule has 0 saturated heterocycles. The normalized spacial score (nSPS) is 11.9. The number of aryl methyl sites for hydroxylation is 1. The first-order valence-corrected chi connectivity index (χ1v) is 4.21. The van der Waals surface area contributed by atoms with E-state index in [9.17, 15) is 4.79 Å². The Balaban J connectivity index is 2.81. The SMILES string of the molecule is CC(C#N)N(C)C(=O)c1cnn(C)c1. The summed E-state index contributed by atoms with van der Waals surface area (Å²) < 4.78 is 1.55. The highest BCUT2D eigenvalue weighted by molar-refractivity contribution is 5.93. The summed E-state index contributed by atoms with van der Waals surface area (Å²) in [6.07, 6.45) is 3.12. The Morgan fingerprint density at radius 3 is 2.86 bits per heavy atom. The third kappa shape index (κ3) is 1.91. The summed E-state index contributed by atoms with van der Waals surface area (Å²) in [4.78, 5) is 13.1. The molecule has 1 aromatic heterocycles. The quantitative estimate of drug-likeness (QED) is 0.681. The van der Waals surface area contributed by atoms with Crippen LogP contribution >= 0.6 is 0 Å². The molecule has 1 atom stereocenters. The van der Waals surface area contributed by atoms with E-state index in [1.54, 1.807) is 31.9 Å². The van der Waals surface area contributed by atoms with E-state index in [-0.39, 0.29) is 5.91 Å². The second-order valence-corrected chi connectivity index (χ2v) is 3.12. The molecule has 14 heavy (non-hydrogen) atoms. The highest BCUT2D eigenvalue weighted by Crippen LogP contribution is 2.04. The van der Waals surface area contributed by atoms with Crippen molar-refractivity contribution < 1.29 is 4.79 Å². The summed E-state index contributed by atoms with van der Waals surface area (Å²) in [6.45, 7) is 1.67. The lowest BCUT2D eigenvalue weighted by atomic mass is 10.2. The minimum absolute atomic E-state index is 0.188. The van der Waals surface area contributed by atoms with Gasteiger partial charge in [-0.1, -0.05) is 0 Å². The third-order valence-electron chi connectivity index (χ3n) is 2.04. The van der Waals surface area contributed by atoms with Gasteiger partial charge in [-0.3, -0.25) is 9.48 Å². The number of hydrogen-bond donors (Lipinski definition) is 0. The molecular formula is C9H12N4O. The molecule has 1 rings (SSSR count). The maximum absolute atomic E-state index is 11.7. The van der Waals surface area contributed by atoms with Gasteiger partial charge >= 0.3 is 0 Å². The molecule has 0 fully saturated rings. The summed E-state index contributed by atoms with van der Waals surface area (Å²) in [5.41, 5.74) is 0.497. The maximum atomic E-state index is 11.7. The minimum Gasteiger partial charge on any atom is -0.326 e. The monoisotopic (exact) mass is 192 g/mol. The van der Waals surface area contributed by atoms with Crippen molar-refractivity contribution in [3.8, 4) is 6.07 Å². The molecule has 1 aromatic rings. The Kier molecular flexibility index (Phi) is 2.87. The first-order chi connectivity index (χ1) is 6.56. The molecular weight excluding hydrogens is 180 g/mol. The summed E-state index contributed by atoms with van der Waals surface area (Å²) >= 11 is 0. The molecule has 0 aliphatic carbocycles. The lowest BCUT2D eigenvalue weighted by Gasteiger charge is -2.18.